The van der Waals surface area contributed by atoms with Gasteiger partial charge in [0.2, 0.25) is 10.0 Å². The van der Waals surface area contributed by atoms with Gasteiger partial charge in [0, 0.05) is 42.1 Å². The summed E-state index contributed by atoms with van der Waals surface area (Å²) in [5.74, 6) is 0.0976. The minimum absolute atomic E-state index is 0.0901. The average molecular weight is 564 g/mol. The van der Waals surface area contributed by atoms with E-state index < -0.39 is 15.8 Å². The van der Waals surface area contributed by atoms with Crippen LogP contribution in [0.4, 0.5) is 9.52 Å². The molecule has 1 aliphatic rings. The zero-order valence-corrected chi connectivity index (χ0v) is 24.6. The molecular weight excluding hydrogens is 529 g/mol. The van der Waals surface area contributed by atoms with Crippen molar-refractivity contribution in [3.8, 4) is 11.3 Å². The topological polar surface area (TPSA) is 53.5 Å². The van der Waals surface area contributed by atoms with Gasteiger partial charge in [-0.05, 0) is 52.6 Å². The van der Waals surface area contributed by atoms with Crippen molar-refractivity contribution < 1.29 is 12.8 Å². The third-order valence-corrected chi connectivity index (χ3v) is 9.99. The molecule has 1 fully saturated rings. The maximum absolute atomic E-state index is 14.1. The van der Waals surface area contributed by atoms with Crippen LogP contribution >= 0.6 is 22.9 Å². The lowest BCUT2D eigenvalue weighted by Crippen LogP contribution is -2.49. The van der Waals surface area contributed by atoms with E-state index in [9.17, 15) is 12.8 Å². The highest BCUT2D eigenvalue weighted by Gasteiger charge is 2.34. The zero-order valence-electron chi connectivity index (χ0n) is 22.3. The van der Waals surface area contributed by atoms with Crippen LogP contribution in [0.2, 0.25) is 5.02 Å². The molecular formula is C28H35ClFN3O2S2. The van der Waals surface area contributed by atoms with Gasteiger partial charge in [-0.3, -0.25) is 0 Å². The molecule has 1 saturated heterocycles. The van der Waals surface area contributed by atoms with Crippen molar-refractivity contribution in [1.82, 2.24) is 9.29 Å². The molecule has 9 heteroatoms. The largest absolute Gasteiger partial charge is 0.345 e. The summed E-state index contributed by atoms with van der Waals surface area (Å²) < 4.78 is 43.5. The molecule has 0 unspecified atom stereocenters. The Hall–Kier alpha value is -2.00. The molecule has 0 saturated carbocycles. The van der Waals surface area contributed by atoms with Crippen molar-refractivity contribution in [2.45, 2.75) is 64.2 Å². The number of halogens is 2. The number of benzene rings is 2. The average Bonchev–Trinajstić information content (AvgIpc) is 3.33. The molecule has 0 spiro atoms. The number of sulfonamides is 1. The molecule has 5 nitrogen and oxygen atoms in total. The fourth-order valence-corrected chi connectivity index (χ4v) is 7.88. The fourth-order valence-electron chi connectivity index (χ4n) is 4.68. The lowest BCUT2D eigenvalue weighted by atomic mass is 9.89. The summed E-state index contributed by atoms with van der Waals surface area (Å²) in [4.78, 5) is 7.26. The predicted octanol–water partition coefficient (Wildman–Crippen LogP) is 7.48. The summed E-state index contributed by atoms with van der Waals surface area (Å²) in [5.41, 5.74) is 4.26. The van der Waals surface area contributed by atoms with Crippen LogP contribution in [0.25, 0.3) is 11.3 Å². The normalized spacial score (nSPS) is 15.4. The van der Waals surface area contributed by atoms with Crippen molar-refractivity contribution in [1.29, 1.82) is 0 Å². The second kappa shape index (κ2) is 11.0. The molecule has 200 valence electrons. The summed E-state index contributed by atoms with van der Waals surface area (Å²) in [7, 11) is -3.68. The lowest BCUT2D eigenvalue weighted by molar-refractivity contribution is 0.383. The number of nitrogens with zero attached hydrogens (tertiary/aromatic N) is 3. The number of rotatable bonds is 7. The number of hydrogen-bond donors (Lipinski definition) is 0. The predicted molar refractivity (Wildman–Crippen MR) is 152 cm³/mol. The van der Waals surface area contributed by atoms with Crippen molar-refractivity contribution >= 4 is 38.1 Å². The van der Waals surface area contributed by atoms with Crippen LogP contribution in [0.3, 0.4) is 0 Å². The first-order valence-electron chi connectivity index (χ1n) is 12.7. The number of anilines is 1. The first-order chi connectivity index (χ1) is 17.4. The minimum atomic E-state index is -3.68. The molecule has 0 N–H and O–H groups in total. The van der Waals surface area contributed by atoms with E-state index in [0.29, 0.717) is 53.3 Å². The van der Waals surface area contributed by atoms with E-state index in [4.69, 9.17) is 11.6 Å². The van der Waals surface area contributed by atoms with E-state index in [1.165, 1.54) is 29.0 Å². The van der Waals surface area contributed by atoms with Gasteiger partial charge in [-0.2, -0.15) is 4.31 Å². The van der Waals surface area contributed by atoms with Crippen LogP contribution in [0.5, 0.6) is 0 Å². The summed E-state index contributed by atoms with van der Waals surface area (Å²) in [5, 5.41) is 3.00. The maximum Gasteiger partial charge on any atom is 0.243 e. The highest BCUT2D eigenvalue weighted by molar-refractivity contribution is 7.89. The molecule has 2 aromatic carbocycles. The second-order valence-corrected chi connectivity index (χ2v) is 13.7. The highest BCUT2D eigenvalue weighted by atomic mass is 35.5. The van der Waals surface area contributed by atoms with E-state index in [-0.39, 0.29) is 11.8 Å². The van der Waals surface area contributed by atoms with E-state index in [0.717, 1.165) is 16.3 Å². The Balaban J connectivity index is 1.58. The lowest BCUT2D eigenvalue weighted by Gasteiger charge is -2.35. The standard InChI is InChI=1S/C28H35ClFN3O2S2/c1-17(2)20-13-24(18(3)4)27(25(14-20)19(5)6)37(34,35)33-9-7-32(8-10-33)28-31-26(16-36-28)21-11-22(29)15-23(30)12-21/h11-19H,7-10H2,1-6H3. The van der Waals surface area contributed by atoms with Crippen LogP contribution in [0.15, 0.2) is 40.6 Å². The fraction of sp³-hybridized carbons (Fsp3) is 0.464. The minimum Gasteiger partial charge on any atom is -0.345 e. The first-order valence-corrected chi connectivity index (χ1v) is 15.4. The van der Waals surface area contributed by atoms with Crippen LogP contribution < -0.4 is 4.90 Å². The third kappa shape index (κ3) is 5.87. The quantitative estimate of drug-likeness (QED) is 0.299. The Morgan fingerprint density at radius 3 is 2.00 bits per heavy atom. The number of thiazole rings is 1. The van der Waals surface area contributed by atoms with E-state index in [1.807, 2.05) is 5.38 Å². The van der Waals surface area contributed by atoms with Gasteiger partial charge in [0.25, 0.3) is 0 Å². The summed E-state index contributed by atoms with van der Waals surface area (Å²) in [6, 6.07) is 8.54. The summed E-state index contributed by atoms with van der Waals surface area (Å²) in [6.07, 6.45) is 0. The van der Waals surface area contributed by atoms with Crippen LogP contribution in [-0.2, 0) is 10.0 Å². The molecule has 2 heterocycles. The van der Waals surface area contributed by atoms with E-state index >= 15 is 0 Å². The molecule has 0 atom stereocenters. The van der Waals surface area contributed by atoms with Gasteiger partial charge in [-0.15, -0.1) is 11.3 Å². The maximum atomic E-state index is 14.1. The Labute approximate surface area is 229 Å². The SMILES string of the molecule is CC(C)c1cc(C(C)C)c(S(=O)(=O)N2CCN(c3nc(-c4cc(F)cc(Cl)c4)cs3)CC2)c(C(C)C)c1. The summed E-state index contributed by atoms with van der Waals surface area (Å²) >= 11 is 7.48. The van der Waals surface area contributed by atoms with Crippen molar-refractivity contribution in [2.24, 2.45) is 0 Å². The Morgan fingerprint density at radius 1 is 0.892 bits per heavy atom. The van der Waals surface area contributed by atoms with Gasteiger partial charge in [0.05, 0.1) is 10.6 Å². The van der Waals surface area contributed by atoms with Gasteiger partial charge in [-0.25, -0.2) is 17.8 Å². The van der Waals surface area contributed by atoms with E-state index in [1.54, 1.807) is 10.4 Å². The molecule has 0 amide bonds. The van der Waals surface area contributed by atoms with Gasteiger partial charge in [-0.1, -0.05) is 65.3 Å². The first kappa shape index (κ1) is 28.0. The Morgan fingerprint density at radius 2 is 1.49 bits per heavy atom. The Kier molecular flexibility index (Phi) is 8.34. The van der Waals surface area contributed by atoms with Crippen LogP contribution in [0, 0.1) is 5.82 Å². The Bertz CT molecular complexity index is 1330. The van der Waals surface area contributed by atoms with Gasteiger partial charge in [0.1, 0.15) is 5.82 Å². The molecule has 4 rings (SSSR count). The smallest absolute Gasteiger partial charge is 0.243 e. The molecule has 0 aliphatic carbocycles. The summed E-state index contributed by atoms with van der Waals surface area (Å²) in [6.45, 7) is 14.4. The molecule has 0 bridgehead atoms. The van der Waals surface area contributed by atoms with Crippen molar-refractivity contribution in [2.75, 3.05) is 31.1 Å². The second-order valence-electron chi connectivity index (χ2n) is 10.6. The number of hydrogen-bond acceptors (Lipinski definition) is 5. The number of piperazine rings is 1. The highest BCUT2D eigenvalue weighted by Crippen LogP contribution is 2.37. The third-order valence-electron chi connectivity index (χ3n) is 6.84. The molecule has 1 aromatic heterocycles. The van der Waals surface area contributed by atoms with Gasteiger partial charge < -0.3 is 4.90 Å². The monoisotopic (exact) mass is 563 g/mol. The van der Waals surface area contributed by atoms with Gasteiger partial charge in [0.15, 0.2) is 5.13 Å². The molecule has 1 aliphatic heterocycles. The zero-order chi connectivity index (χ0) is 27.1. The molecule has 0 radical (unpaired) electrons. The van der Waals surface area contributed by atoms with Crippen LogP contribution in [0.1, 0.15) is 76.0 Å². The van der Waals surface area contributed by atoms with Crippen molar-refractivity contribution in [3.05, 3.63) is 63.2 Å². The molecule has 3 aromatic rings. The number of aromatic nitrogens is 1. The van der Waals surface area contributed by atoms with Crippen LogP contribution in [-0.4, -0.2) is 43.9 Å². The van der Waals surface area contributed by atoms with Crippen molar-refractivity contribution in [3.63, 3.8) is 0 Å². The molecule has 37 heavy (non-hydrogen) atoms. The van der Waals surface area contributed by atoms with E-state index in [2.05, 4.69) is 63.6 Å². The van der Waals surface area contributed by atoms with Gasteiger partial charge >= 0.3 is 0 Å².